The van der Waals surface area contributed by atoms with Crippen LogP contribution in [-0.2, 0) is 6.42 Å². The van der Waals surface area contributed by atoms with Gasteiger partial charge in [-0.25, -0.2) is 24.3 Å². The highest BCUT2D eigenvalue weighted by atomic mass is 19.1. The SMILES string of the molecule is CCc1ncnc(N2CCN(c3nc(C4CC4)nc(C)c3C)CC2)c1F. The van der Waals surface area contributed by atoms with E-state index in [1.807, 2.05) is 11.8 Å². The van der Waals surface area contributed by atoms with Crippen LogP contribution in [-0.4, -0.2) is 46.1 Å². The molecule has 1 saturated heterocycles. The van der Waals surface area contributed by atoms with Crippen molar-refractivity contribution in [2.45, 2.75) is 46.0 Å². The fourth-order valence-corrected chi connectivity index (χ4v) is 3.46. The van der Waals surface area contributed by atoms with Crippen LogP contribution >= 0.6 is 0 Å². The third kappa shape index (κ3) is 3.10. The number of anilines is 2. The molecule has 1 aliphatic heterocycles. The maximum Gasteiger partial charge on any atom is 0.187 e. The highest BCUT2D eigenvalue weighted by Crippen LogP contribution is 2.39. The number of piperazine rings is 1. The van der Waals surface area contributed by atoms with Gasteiger partial charge in [-0.2, -0.15) is 0 Å². The molecule has 0 amide bonds. The summed E-state index contributed by atoms with van der Waals surface area (Å²) in [5.74, 6) is 2.70. The van der Waals surface area contributed by atoms with E-state index in [1.165, 1.54) is 19.2 Å². The molecule has 0 spiro atoms. The lowest BCUT2D eigenvalue weighted by Crippen LogP contribution is -2.47. The van der Waals surface area contributed by atoms with Gasteiger partial charge in [-0.15, -0.1) is 0 Å². The zero-order valence-corrected chi connectivity index (χ0v) is 15.7. The maximum atomic E-state index is 14.5. The third-order valence-electron chi connectivity index (χ3n) is 5.38. The fourth-order valence-electron chi connectivity index (χ4n) is 3.46. The minimum atomic E-state index is -0.284. The monoisotopic (exact) mass is 356 g/mol. The van der Waals surface area contributed by atoms with E-state index in [9.17, 15) is 4.39 Å². The van der Waals surface area contributed by atoms with Gasteiger partial charge in [0.25, 0.3) is 0 Å². The summed E-state index contributed by atoms with van der Waals surface area (Å²) >= 11 is 0. The van der Waals surface area contributed by atoms with Gasteiger partial charge in [0.05, 0.1) is 5.69 Å². The number of nitrogens with zero attached hydrogens (tertiary/aromatic N) is 6. The van der Waals surface area contributed by atoms with Gasteiger partial charge in [0.15, 0.2) is 11.6 Å². The van der Waals surface area contributed by atoms with Crippen molar-refractivity contribution in [2.75, 3.05) is 36.0 Å². The van der Waals surface area contributed by atoms with Crippen molar-refractivity contribution in [3.8, 4) is 0 Å². The molecule has 7 heteroatoms. The van der Waals surface area contributed by atoms with Gasteiger partial charge in [0, 0.05) is 43.4 Å². The van der Waals surface area contributed by atoms with Gasteiger partial charge in [-0.3, -0.25) is 0 Å². The normalized spacial score (nSPS) is 17.7. The predicted octanol–water partition coefficient (Wildman–Crippen LogP) is 2.79. The topological polar surface area (TPSA) is 58.0 Å². The maximum absolute atomic E-state index is 14.5. The van der Waals surface area contributed by atoms with Crippen molar-refractivity contribution in [1.29, 1.82) is 0 Å². The van der Waals surface area contributed by atoms with Crippen molar-refractivity contribution >= 4 is 11.6 Å². The van der Waals surface area contributed by atoms with Gasteiger partial charge in [-0.1, -0.05) is 6.92 Å². The Labute approximate surface area is 153 Å². The first kappa shape index (κ1) is 17.1. The largest absolute Gasteiger partial charge is 0.353 e. The van der Waals surface area contributed by atoms with Crippen molar-refractivity contribution < 1.29 is 4.39 Å². The van der Waals surface area contributed by atoms with E-state index >= 15 is 0 Å². The molecule has 0 aromatic carbocycles. The molecule has 2 aliphatic rings. The van der Waals surface area contributed by atoms with Crippen LogP contribution in [0.25, 0.3) is 0 Å². The Kier molecular flexibility index (Phi) is 4.46. The third-order valence-corrected chi connectivity index (χ3v) is 5.38. The second-order valence-corrected chi connectivity index (χ2v) is 7.18. The van der Waals surface area contributed by atoms with Crippen LogP contribution in [0.3, 0.4) is 0 Å². The molecule has 2 aromatic heterocycles. The summed E-state index contributed by atoms with van der Waals surface area (Å²) < 4.78 is 14.5. The predicted molar refractivity (Wildman–Crippen MR) is 99.3 cm³/mol. The van der Waals surface area contributed by atoms with Crippen molar-refractivity contribution in [3.63, 3.8) is 0 Å². The Balaban J connectivity index is 1.52. The average molecular weight is 356 g/mol. The molecule has 3 heterocycles. The number of halogens is 1. The summed E-state index contributed by atoms with van der Waals surface area (Å²) in [5, 5.41) is 0. The van der Waals surface area contributed by atoms with Crippen LogP contribution in [0.15, 0.2) is 6.33 Å². The molecule has 2 aromatic rings. The quantitative estimate of drug-likeness (QED) is 0.840. The van der Waals surface area contributed by atoms with Gasteiger partial charge in [0.2, 0.25) is 0 Å². The summed E-state index contributed by atoms with van der Waals surface area (Å²) in [4.78, 5) is 22.0. The lowest BCUT2D eigenvalue weighted by atomic mass is 10.2. The lowest BCUT2D eigenvalue weighted by Gasteiger charge is -2.37. The first-order valence-electron chi connectivity index (χ1n) is 9.42. The fraction of sp³-hybridized carbons (Fsp3) is 0.579. The second-order valence-electron chi connectivity index (χ2n) is 7.18. The zero-order valence-electron chi connectivity index (χ0n) is 15.7. The standard InChI is InChI=1S/C19H25FN6/c1-4-15-16(20)19(22-11-21-15)26-9-7-25(8-10-26)18-12(2)13(3)23-17(24-18)14-5-6-14/h11,14H,4-10H2,1-3H3. The highest BCUT2D eigenvalue weighted by Gasteiger charge is 2.29. The molecule has 0 unspecified atom stereocenters. The molecule has 26 heavy (non-hydrogen) atoms. The Morgan fingerprint density at radius 3 is 2.27 bits per heavy atom. The number of hydrogen-bond donors (Lipinski definition) is 0. The first-order valence-corrected chi connectivity index (χ1v) is 9.42. The summed E-state index contributed by atoms with van der Waals surface area (Å²) in [6, 6.07) is 0. The van der Waals surface area contributed by atoms with Crippen LogP contribution in [0.5, 0.6) is 0 Å². The Hall–Kier alpha value is -2.31. The Morgan fingerprint density at radius 1 is 1.00 bits per heavy atom. The minimum absolute atomic E-state index is 0.284. The second kappa shape index (κ2) is 6.78. The minimum Gasteiger partial charge on any atom is -0.353 e. The van der Waals surface area contributed by atoms with E-state index in [0.717, 1.165) is 49.1 Å². The molecular weight excluding hydrogens is 331 g/mol. The van der Waals surface area contributed by atoms with E-state index in [1.54, 1.807) is 0 Å². The molecule has 0 radical (unpaired) electrons. The van der Waals surface area contributed by atoms with Crippen molar-refractivity contribution in [1.82, 2.24) is 19.9 Å². The molecule has 138 valence electrons. The molecule has 0 N–H and O–H groups in total. The Morgan fingerprint density at radius 2 is 1.65 bits per heavy atom. The smallest absolute Gasteiger partial charge is 0.187 e. The van der Waals surface area contributed by atoms with E-state index in [2.05, 4.69) is 33.7 Å². The van der Waals surface area contributed by atoms with Gasteiger partial charge in [-0.05, 0) is 33.1 Å². The summed E-state index contributed by atoms with van der Waals surface area (Å²) in [7, 11) is 0. The van der Waals surface area contributed by atoms with Gasteiger partial charge < -0.3 is 9.80 Å². The van der Waals surface area contributed by atoms with Crippen molar-refractivity contribution in [2.24, 2.45) is 0 Å². The van der Waals surface area contributed by atoms with Gasteiger partial charge in [0.1, 0.15) is 18.0 Å². The number of rotatable bonds is 4. The number of aromatic nitrogens is 4. The molecule has 4 rings (SSSR count). The van der Waals surface area contributed by atoms with Crippen LogP contribution < -0.4 is 9.80 Å². The molecular formula is C19H25FN6. The van der Waals surface area contributed by atoms with E-state index in [-0.39, 0.29) is 5.82 Å². The van der Waals surface area contributed by atoms with Crippen LogP contribution in [0, 0.1) is 19.7 Å². The average Bonchev–Trinajstić information content (AvgIpc) is 3.49. The van der Waals surface area contributed by atoms with Crippen LogP contribution in [0.1, 0.15) is 48.5 Å². The van der Waals surface area contributed by atoms with Crippen molar-refractivity contribution in [3.05, 3.63) is 34.9 Å². The van der Waals surface area contributed by atoms with Crippen LogP contribution in [0.2, 0.25) is 0 Å². The molecule has 2 fully saturated rings. The molecule has 1 saturated carbocycles. The summed E-state index contributed by atoms with van der Waals surface area (Å²) in [6.45, 7) is 9.09. The Bertz CT molecular complexity index is 812. The first-order chi connectivity index (χ1) is 12.6. The number of hydrogen-bond acceptors (Lipinski definition) is 6. The zero-order chi connectivity index (χ0) is 18.3. The molecule has 0 atom stereocenters. The molecule has 0 bridgehead atoms. The summed E-state index contributed by atoms with van der Waals surface area (Å²) in [5.41, 5.74) is 2.69. The molecule has 6 nitrogen and oxygen atoms in total. The molecule has 1 aliphatic carbocycles. The number of aryl methyl sites for hydroxylation is 2. The highest BCUT2D eigenvalue weighted by molar-refractivity contribution is 5.51. The van der Waals surface area contributed by atoms with Gasteiger partial charge >= 0.3 is 0 Å². The van der Waals surface area contributed by atoms with E-state index in [4.69, 9.17) is 4.98 Å². The summed E-state index contributed by atoms with van der Waals surface area (Å²) in [6.07, 6.45) is 4.43. The van der Waals surface area contributed by atoms with E-state index in [0.29, 0.717) is 23.9 Å². The van der Waals surface area contributed by atoms with E-state index < -0.39 is 0 Å². The lowest BCUT2D eigenvalue weighted by molar-refractivity contribution is 0.567. The van der Waals surface area contributed by atoms with Crippen LogP contribution in [0.4, 0.5) is 16.0 Å².